The van der Waals surface area contributed by atoms with E-state index >= 15 is 0 Å². The average molecular weight is 245 g/mol. The molecule has 0 unspecified atom stereocenters. The van der Waals surface area contributed by atoms with Crippen molar-refractivity contribution in [2.24, 2.45) is 0 Å². The maximum absolute atomic E-state index is 11.2. The molecule has 0 fully saturated rings. The van der Waals surface area contributed by atoms with E-state index in [4.69, 9.17) is 0 Å². The molecule has 12 heavy (non-hydrogen) atoms. The minimum atomic E-state index is -0.227. The van der Waals surface area contributed by atoms with Gasteiger partial charge >= 0.3 is 79.4 Å². The second-order valence-electron chi connectivity index (χ2n) is 2.29. The van der Waals surface area contributed by atoms with Gasteiger partial charge in [-0.2, -0.15) is 0 Å². The summed E-state index contributed by atoms with van der Waals surface area (Å²) in [6.45, 7) is 0. The van der Waals surface area contributed by atoms with Crippen LogP contribution in [-0.4, -0.2) is 27.6 Å². The maximum atomic E-state index is 11.2. The summed E-state index contributed by atoms with van der Waals surface area (Å²) in [6.07, 6.45) is 0. The zero-order valence-corrected chi connectivity index (χ0v) is 8.89. The molecule has 0 aliphatic rings. The van der Waals surface area contributed by atoms with Gasteiger partial charge in [0.1, 0.15) is 0 Å². The van der Waals surface area contributed by atoms with Crippen molar-refractivity contribution < 1.29 is 9.53 Å². The van der Waals surface area contributed by atoms with Crippen LogP contribution < -0.4 is 0 Å². The van der Waals surface area contributed by atoms with Crippen LogP contribution in [0.1, 0.15) is 10.4 Å². The zero-order chi connectivity index (χ0) is 8.55. The van der Waals surface area contributed by atoms with E-state index in [0.717, 1.165) is 5.39 Å². The molecule has 0 radical (unpaired) electrons. The first-order chi connectivity index (χ1) is 5.83. The molecule has 0 N–H and O–H groups in total. The number of hydrogen-bond acceptors (Lipinski definition) is 3. The van der Waals surface area contributed by atoms with Gasteiger partial charge in [0, 0.05) is 0 Å². The quantitative estimate of drug-likeness (QED) is 0.565. The summed E-state index contributed by atoms with van der Waals surface area (Å²) in [5.74, 6) is -0.227. The summed E-state index contributed by atoms with van der Waals surface area (Å²) in [7, 11) is 1.41. The van der Waals surface area contributed by atoms with Crippen LogP contribution in [0.5, 0.6) is 0 Å². The predicted octanol–water partition coefficient (Wildman–Crippen LogP) is 1.74. The van der Waals surface area contributed by atoms with E-state index in [9.17, 15) is 4.79 Å². The Balaban J connectivity index is 2.61. The molecule has 0 aromatic carbocycles. The number of thiophene rings is 1. The second kappa shape index (κ2) is 3.05. The number of ether oxygens (including phenoxy) is 1. The van der Waals surface area contributed by atoms with Gasteiger partial charge in [-0.3, -0.25) is 0 Å². The number of carbonyl (C=O) groups excluding carboxylic acids is 1. The molecule has 2 aromatic rings. The molecule has 2 aromatic heterocycles. The normalized spacial score (nSPS) is 10.4. The number of carbonyl (C=O) groups is 1. The molecule has 0 atom stereocenters. The van der Waals surface area contributed by atoms with E-state index in [1.54, 1.807) is 11.3 Å². The van der Waals surface area contributed by atoms with Gasteiger partial charge in [0.15, 0.2) is 0 Å². The van der Waals surface area contributed by atoms with Crippen LogP contribution in [0.4, 0.5) is 0 Å². The van der Waals surface area contributed by atoms with Crippen LogP contribution in [0.2, 0.25) is 0 Å². The molecule has 0 amide bonds. The van der Waals surface area contributed by atoms with Gasteiger partial charge in [-0.25, -0.2) is 0 Å². The molecule has 4 heteroatoms. The molecule has 0 aliphatic heterocycles. The van der Waals surface area contributed by atoms with Crippen LogP contribution in [0.25, 0.3) is 10.1 Å². The fraction of sp³-hybridized carbons (Fsp3) is 0.125. The Morgan fingerprint density at radius 2 is 2.42 bits per heavy atom. The standard InChI is InChI=1S/C8H6O2SSe/c1-10-8(9)5-2-11-7-4-12-3-6(5)7/h2-4H,1H3. The number of methoxy groups -OCH3 is 1. The topological polar surface area (TPSA) is 26.3 Å². The van der Waals surface area contributed by atoms with Crippen molar-refractivity contribution in [3.05, 3.63) is 20.8 Å². The van der Waals surface area contributed by atoms with Crippen LogP contribution in [0.3, 0.4) is 0 Å². The Bertz CT molecular complexity index is 415. The van der Waals surface area contributed by atoms with E-state index < -0.39 is 0 Å². The van der Waals surface area contributed by atoms with Crippen molar-refractivity contribution >= 4 is 41.9 Å². The summed E-state index contributed by atoms with van der Waals surface area (Å²) in [5.41, 5.74) is 0.716. The van der Waals surface area contributed by atoms with Crippen LogP contribution in [0, 0.1) is 0 Å². The zero-order valence-electron chi connectivity index (χ0n) is 6.37. The summed E-state index contributed by atoms with van der Waals surface area (Å²) in [5, 5.41) is 2.94. The first kappa shape index (κ1) is 8.05. The summed E-state index contributed by atoms with van der Waals surface area (Å²) >= 11 is 2.05. The first-order valence-electron chi connectivity index (χ1n) is 3.34. The van der Waals surface area contributed by atoms with Crippen LogP contribution in [-0.2, 0) is 4.74 Å². The van der Waals surface area contributed by atoms with E-state index in [0.29, 0.717) is 20.1 Å². The number of esters is 1. The van der Waals surface area contributed by atoms with Crippen molar-refractivity contribution in [2.75, 3.05) is 7.11 Å². The van der Waals surface area contributed by atoms with Gasteiger partial charge in [-0.05, 0) is 0 Å². The third-order valence-corrected chi connectivity index (χ3v) is 4.47. The molecule has 2 nitrogen and oxygen atoms in total. The third kappa shape index (κ3) is 1.12. The second-order valence-corrected chi connectivity index (χ2v) is 4.76. The van der Waals surface area contributed by atoms with E-state index in [1.165, 1.54) is 11.8 Å². The third-order valence-electron chi connectivity index (χ3n) is 1.63. The van der Waals surface area contributed by atoms with Gasteiger partial charge in [0.05, 0.1) is 0 Å². The Morgan fingerprint density at radius 1 is 1.58 bits per heavy atom. The Kier molecular flexibility index (Phi) is 2.05. The SMILES string of the molecule is COC(=O)c1csc2c[se]cc12. The molecule has 0 spiro atoms. The fourth-order valence-electron chi connectivity index (χ4n) is 1.03. The molecule has 0 bridgehead atoms. The Labute approximate surface area is 79.5 Å². The van der Waals surface area contributed by atoms with Crippen molar-refractivity contribution in [3.8, 4) is 0 Å². The molecule has 0 saturated heterocycles. The van der Waals surface area contributed by atoms with Gasteiger partial charge < -0.3 is 0 Å². The first-order valence-corrected chi connectivity index (χ1v) is 6.20. The summed E-state index contributed by atoms with van der Waals surface area (Å²) in [6, 6.07) is 0. The molecule has 62 valence electrons. The molecular weight excluding hydrogens is 239 g/mol. The number of rotatable bonds is 1. The predicted molar refractivity (Wildman–Crippen MR) is 50.1 cm³/mol. The van der Waals surface area contributed by atoms with Gasteiger partial charge in [0.2, 0.25) is 0 Å². The van der Waals surface area contributed by atoms with E-state index in [2.05, 4.69) is 14.6 Å². The van der Waals surface area contributed by atoms with Crippen molar-refractivity contribution in [3.63, 3.8) is 0 Å². The van der Waals surface area contributed by atoms with Gasteiger partial charge in [-0.1, -0.05) is 0 Å². The fourth-order valence-corrected chi connectivity index (χ4v) is 4.14. The number of fused-ring (bicyclic) bond motifs is 1. The average Bonchev–Trinajstić information content (AvgIpc) is 2.62. The van der Waals surface area contributed by atoms with Crippen LogP contribution >= 0.6 is 11.3 Å². The van der Waals surface area contributed by atoms with Crippen molar-refractivity contribution in [1.29, 1.82) is 0 Å². The van der Waals surface area contributed by atoms with Gasteiger partial charge in [-0.15, -0.1) is 0 Å². The van der Waals surface area contributed by atoms with Crippen molar-refractivity contribution in [2.45, 2.75) is 0 Å². The molecular formula is C8H6O2SSe. The minimum absolute atomic E-state index is 0.227. The molecule has 0 aliphatic carbocycles. The van der Waals surface area contributed by atoms with E-state index in [-0.39, 0.29) is 5.97 Å². The van der Waals surface area contributed by atoms with Crippen molar-refractivity contribution in [1.82, 2.24) is 0 Å². The van der Waals surface area contributed by atoms with Gasteiger partial charge in [0.25, 0.3) is 0 Å². The Morgan fingerprint density at radius 3 is 3.17 bits per heavy atom. The summed E-state index contributed by atoms with van der Waals surface area (Å²) < 4.78 is 5.88. The summed E-state index contributed by atoms with van der Waals surface area (Å²) in [4.78, 5) is 15.5. The molecule has 2 rings (SSSR count). The molecule has 2 heterocycles. The number of hydrogen-bond donors (Lipinski definition) is 0. The van der Waals surface area contributed by atoms with E-state index in [1.807, 2.05) is 5.38 Å². The molecule has 0 saturated carbocycles. The Hall–Kier alpha value is -0.571. The van der Waals surface area contributed by atoms with Crippen LogP contribution in [0.15, 0.2) is 15.3 Å². The monoisotopic (exact) mass is 246 g/mol.